The van der Waals surface area contributed by atoms with Gasteiger partial charge in [-0.15, -0.1) is 0 Å². The Bertz CT molecular complexity index is 341. The maximum absolute atomic E-state index is 3.64. The minimum atomic E-state index is 0.542. The molecule has 1 N–H and O–H groups in total. The van der Waals surface area contributed by atoms with Crippen LogP contribution in [0.25, 0.3) is 0 Å². The molecular formula is C17H30N2. The van der Waals surface area contributed by atoms with Crippen molar-refractivity contribution < 1.29 is 0 Å². The van der Waals surface area contributed by atoms with Crippen molar-refractivity contribution in [2.75, 3.05) is 27.2 Å². The zero-order valence-corrected chi connectivity index (χ0v) is 13.2. The van der Waals surface area contributed by atoms with Crippen LogP contribution in [0.15, 0.2) is 24.3 Å². The molecule has 0 spiro atoms. The minimum Gasteiger partial charge on any atom is -0.312 e. The molecule has 1 unspecified atom stereocenters. The SMILES string of the molecule is CCCNC(Cc1ccc(C(C)C)cc1)CN(C)C. The van der Waals surface area contributed by atoms with Gasteiger partial charge >= 0.3 is 0 Å². The summed E-state index contributed by atoms with van der Waals surface area (Å²) in [5, 5.41) is 3.64. The Morgan fingerprint density at radius 1 is 1.11 bits per heavy atom. The van der Waals surface area contributed by atoms with Crippen molar-refractivity contribution in [3.63, 3.8) is 0 Å². The van der Waals surface area contributed by atoms with Crippen LogP contribution in [0.3, 0.4) is 0 Å². The van der Waals surface area contributed by atoms with Gasteiger partial charge < -0.3 is 10.2 Å². The first kappa shape index (κ1) is 16.2. The Balaban J connectivity index is 2.61. The van der Waals surface area contributed by atoms with E-state index in [2.05, 4.69) is 69.3 Å². The van der Waals surface area contributed by atoms with Gasteiger partial charge in [-0.05, 0) is 50.5 Å². The van der Waals surface area contributed by atoms with Crippen LogP contribution in [0, 0.1) is 0 Å². The van der Waals surface area contributed by atoms with Gasteiger partial charge in [0.05, 0.1) is 0 Å². The lowest BCUT2D eigenvalue weighted by Crippen LogP contribution is -2.40. The molecule has 0 saturated carbocycles. The lowest BCUT2D eigenvalue weighted by atomic mass is 9.99. The second-order valence-corrected chi connectivity index (χ2v) is 6.01. The molecule has 0 amide bonds. The topological polar surface area (TPSA) is 15.3 Å². The van der Waals surface area contributed by atoms with Crippen LogP contribution in [0.1, 0.15) is 44.2 Å². The predicted molar refractivity (Wildman–Crippen MR) is 84.9 cm³/mol. The molecule has 0 saturated heterocycles. The van der Waals surface area contributed by atoms with Gasteiger partial charge in [-0.3, -0.25) is 0 Å². The van der Waals surface area contributed by atoms with Crippen LogP contribution < -0.4 is 5.32 Å². The molecule has 2 nitrogen and oxygen atoms in total. The largest absolute Gasteiger partial charge is 0.312 e. The van der Waals surface area contributed by atoms with E-state index >= 15 is 0 Å². The van der Waals surface area contributed by atoms with Gasteiger partial charge in [0, 0.05) is 12.6 Å². The number of rotatable bonds is 8. The van der Waals surface area contributed by atoms with Gasteiger partial charge in [-0.2, -0.15) is 0 Å². The van der Waals surface area contributed by atoms with E-state index in [1.165, 1.54) is 17.5 Å². The fraction of sp³-hybridized carbons (Fsp3) is 0.647. The maximum Gasteiger partial charge on any atom is 0.0235 e. The van der Waals surface area contributed by atoms with Crippen molar-refractivity contribution in [2.24, 2.45) is 0 Å². The molecular weight excluding hydrogens is 232 g/mol. The first-order chi connectivity index (χ1) is 9.02. The molecule has 2 heteroatoms. The van der Waals surface area contributed by atoms with Crippen LogP contribution in [0.4, 0.5) is 0 Å². The molecule has 108 valence electrons. The highest BCUT2D eigenvalue weighted by Crippen LogP contribution is 2.15. The molecule has 0 aromatic heterocycles. The van der Waals surface area contributed by atoms with Gasteiger partial charge in [0.15, 0.2) is 0 Å². The molecule has 1 aromatic carbocycles. The van der Waals surface area contributed by atoms with Gasteiger partial charge in [-0.1, -0.05) is 45.0 Å². The van der Waals surface area contributed by atoms with E-state index in [1.54, 1.807) is 0 Å². The minimum absolute atomic E-state index is 0.542. The molecule has 0 aliphatic carbocycles. The van der Waals surface area contributed by atoms with Crippen LogP contribution in [-0.2, 0) is 6.42 Å². The summed E-state index contributed by atoms with van der Waals surface area (Å²) in [6.45, 7) is 8.89. The fourth-order valence-corrected chi connectivity index (χ4v) is 2.31. The zero-order chi connectivity index (χ0) is 14.3. The standard InChI is InChI=1S/C17H30N2/c1-6-11-18-17(13-19(4)5)12-15-7-9-16(10-8-15)14(2)3/h7-10,14,17-18H,6,11-13H2,1-5H3. The Kier molecular flexibility index (Phi) is 7.11. The fourth-order valence-electron chi connectivity index (χ4n) is 2.31. The average Bonchev–Trinajstić information content (AvgIpc) is 2.36. The summed E-state index contributed by atoms with van der Waals surface area (Å²) in [7, 11) is 4.28. The first-order valence-electron chi connectivity index (χ1n) is 7.49. The first-order valence-corrected chi connectivity index (χ1v) is 7.49. The second-order valence-electron chi connectivity index (χ2n) is 6.01. The number of likely N-dealkylation sites (N-methyl/N-ethyl adjacent to an activating group) is 1. The number of hydrogen-bond acceptors (Lipinski definition) is 2. The summed E-state index contributed by atoms with van der Waals surface area (Å²) in [4.78, 5) is 2.26. The van der Waals surface area contributed by atoms with E-state index < -0.39 is 0 Å². The zero-order valence-electron chi connectivity index (χ0n) is 13.2. The third-order valence-electron chi connectivity index (χ3n) is 3.40. The van der Waals surface area contributed by atoms with Crippen LogP contribution in [0.5, 0.6) is 0 Å². The molecule has 1 rings (SSSR count). The molecule has 0 aliphatic rings. The van der Waals surface area contributed by atoms with Crippen molar-refractivity contribution in [1.29, 1.82) is 0 Å². The molecule has 0 aliphatic heterocycles. The summed E-state index contributed by atoms with van der Waals surface area (Å²) in [5.74, 6) is 0.616. The Labute approximate surface area is 119 Å². The highest BCUT2D eigenvalue weighted by atomic mass is 15.1. The summed E-state index contributed by atoms with van der Waals surface area (Å²) in [6, 6.07) is 9.65. The van der Waals surface area contributed by atoms with Gasteiger partial charge in [-0.25, -0.2) is 0 Å². The quantitative estimate of drug-likeness (QED) is 0.773. The highest BCUT2D eigenvalue weighted by Gasteiger charge is 2.10. The van der Waals surface area contributed by atoms with E-state index in [1.807, 2.05) is 0 Å². The van der Waals surface area contributed by atoms with E-state index in [9.17, 15) is 0 Å². The Hall–Kier alpha value is -0.860. The van der Waals surface area contributed by atoms with Crippen molar-refractivity contribution >= 4 is 0 Å². The molecule has 0 heterocycles. The summed E-state index contributed by atoms with van der Waals surface area (Å²) >= 11 is 0. The monoisotopic (exact) mass is 262 g/mol. The smallest absolute Gasteiger partial charge is 0.0235 e. The Morgan fingerprint density at radius 2 is 1.74 bits per heavy atom. The lowest BCUT2D eigenvalue weighted by molar-refractivity contribution is 0.336. The molecule has 1 atom stereocenters. The van der Waals surface area contributed by atoms with Crippen molar-refractivity contribution in [2.45, 2.75) is 45.6 Å². The highest BCUT2D eigenvalue weighted by molar-refractivity contribution is 5.25. The molecule has 0 fully saturated rings. The number of nitrogens with zero attached hydrogens (tertiary/aromatic N) is 1. The molecule has 0 radical (unpaired) electrons. The lowest BCUT2D eigenvalue weighted by Gasteiger charge is -2.22. The van der Waals surface area contributed by atoms with Crippen molar-refractivity contribution in [1.82, 2.24) is 10.2 Å². The summed E-state index contributed by atoms with van der Waals surface area (Å²) in [6.07, 6.45) is 2.30. The van der Waals surface area contributed by atoms with Crippen LogP contribution >= 0.6 is 0 Å². The molecule has 19 heavy (non-hydrogen) atoms. The number of benzene rings is 1. The molecule has 0 bridgehead atoms. The van der Waals surface area contributed by atoms with Gasteiger partial charge in [0.25, 0.3) is 0 Å². The Morgan fingerprint density at radius 3 is 2.21 bits per heavy atom. The summed E-state index contributed by atoms with van der Waals surface area (Å²) < 4.78 is 0. The third kappa shape index (κ3) is 6.22. The number of hydrogen-bond donors (Lipinski definition) is 1. The van der Waals surface area contributed by atoms with Crippen molar-refractivity contribution in [3.8, 4) is 0 Å². The number of nitrogens with one attached hydrogen (secondary N) is 1. The van der Waals surface area contributed by atoms with Gasteiger partial charge in [0.2, 0.25) is 0 Å². The van der Waals surface area contributed by atoms with E-state index in [4.69, 9.17) is 0 Å². The normalized spacial score (nSPS) is 13.2. The van der Waals surface area contributed by atoms with Crippen LogP contribution in [-0.4, -0.2) is 38.1 Å². The van der Waals surface area contributed by atoms with E-state index in [0.717, 1.165) is 19.5 Å². The second kappa shape index (κ2) is 8.34. The van der Waals surface area contributed by atoms with Crippen molar-refractivity contribution in [3.05, 3.63) is 35.4 Å². The summed E-state index contributed by atoms with van der Waals surface area (Å²) in [5.41, 5.74) is 2.86. The third-order valence-corrected chi connectivity index (χ3v) is 3.40. The van der Waals surface area contributed by atoms with Gasteiger partial charge in [0.1, 0.15) is 0 Å². The van der Waals surface area contributed by atoms with E-state index in [0.29, 0.717) is 12.0 Å². The maximum atomic E-state index is 3.64. The molecule has 1 aromatic rings. The van der Waals surface area contributed by atoms with Crippen LogP contribution in [0.2, 0.25) is 0 Å². The predicted octanol–water partition coefficient (Wildman–Crippen LogP) is 3.28. The van der Waals surface area contributed by atoms with E-state index in [-0.39, 0.29) is 0 Å². The average molecular weight is 262 g/mol.